The lowest BCUT2D eigenvalue weighted by Crippen LogP contribution is -2.51. The van der Waals surface area contributed by atoms with Gasteiger partial charge in [-0.15, -0.1) is 0 Å². The molecule has 7 heteroatoms. The number of aryl methyl sites for hydroxylation is 1. The quantitative estimate of drug-likeness (QED) is 0.803. The number of carbonyl (C=O) groups is 2. The third kappa shape index (κ3) is 4.45. The third-order valence-electron chi connectivity index (χ3n) is 5.32. The van der Waals surface area contributed by atoms with Crippen molar-refractivity contribution in [3.8, 4) is 11.5 Å². The number of ether oxygens (including phenoxy) is 2. The molecule has 7 nitrogen and oxygen atoms in total. The lowest BCUT2D eigenvalue weighted by atomic mass is 10.1. The predicted octanol–water partition coefficient (Wildman–Crippen LogP) is 2.61. The number of nitrogens with one attached hydrogen (secondary N) is 1. The van der Waals surface area contributed by atoms with E-state index in [0.29, 0.717) is 43.4 Å². The maximum atomic E-state index is 12.6. The van der Waals surface area contributed by atoms with E-state index < -0.39 is 11.8 Å². The molecule has 0 aliphatic carbocycles. The highest BCUT2D eigenvalue weighted by molar-refractivity contribution is 6.39. The van der Waals surface area contributed by atoms with E-state index in [9.17, 15) is 9.59 Å². The van der Waals surface area contributed by atoms with Crippen LogP contribution in [-0.4, -0.2) is 57.1 Å². The van der Waals surface area contributed by atoms with Crippen LogP contribution in [-0.2, 0) is 9.59 Å². The van der Waals surface area contributed by atoms with Crippen molar-refractivity contribution in [3.05, 3.63) is 47.5 Å². The van der Waals surface area contributed by atoms with Crippen LogP contribution in [0.15, 0.2) is 36.4 Å². The first kappa shape index (κ1) is 20.5. The van der Waals surface area contributed by atoms with E-state index in [4.69, 9.17) is 9.47 Å². The molecule has 2 amide bonds. The molecule has 1 heterocycles. The maximum absolute atomic E-state index is 12.6. The van der Waals surface area contributed by atoms with Gasteiger partial charge in [0.25, 0.3) is 0 Å². The number of benzene rings is 2. The van der Waals surface area contributed by atoms with Crippen molar-refractivity contribution in [3.63, 3.8) is 0 Å². The minimum absolute atomic E-state index is 0.482. The monoisotopic (exact) mass is 397 g/mol. The number of hydrogen-bond donors (Lipinski definition) is 1. The third-order valence-corrected chi connectivity index (χ3v) is 5.32. The molecule has 0 radical (unpaired) electrons. The minimum Gasteiger partial charge on any atom is -0.493 e. The zero-order valence-electron chi connectivity index (χ0n) is 17.3. The Morgan fingerprint density at radius 3 is 2.28 bits per heavy atom. The number of piperazine rings is 1. The van der Waals surface area contributed by atoms with Crippen LogP contribution in [0, 0.1) is 13.8 Å². The zero-order valence-corrected chi connectivity index (χ0v) is 17.3. The predicted molar refractivity (Wildman–Crippen MR) is 113 cm³/mol. The Kier molecular flexibility index (Phi) is 6.26. The summed E-state index contributed by atoms with van der Waals surface area (Å²) < 4.78 is 10.4. The summed E-state index contributed by atoms with van der Waals surface area (Å²) in [7, 11) is 3.06. The molecule has 0 spiro atoms. The number of hydrogen-bond acceptors (Lipinski definition) is 5. The normalized spacial score (nSPS) is 13.8. The number of amides is 2. The summed E-state index contributed by atoms with van der Waals surface area (Å²) >= 11 is 0. The van der Waals surface area contributed by atoms with Gasteiger partial charge >= 0.3 is 11.8 Å². The Balaban J connectivity index is 1.60. The van der Waals surface area contributed by atoms with E-state index in [1.54, 1.807) is 23.1 Å². The fraction of sp³-hybridized carbons (Fsp3) is 0.364. The molecule has 2 aromatic rings. The van der Waals surface area contributed by atoms with Gasteiger partial charge in [-0.2, -0.15) is 0 Å². The lowest BCUT2D eigenvalue weighted by molar-refractivity contribution is -0.143. The molecule has 2 aromatic carbocycles. The van der Waals surface area contributed by atoms with Gasteiger partial charge in [0.1, 0.15) is 0 Å². The molecular weight excluding hydrogens is 370 g/mol. The van der Waals surface area contributed by atoms with Crippen LogP contribution in [0.25, 0.3) is 0 Å². The fourth-order valence-electron chi connectivity index (χ4n) is 3.47. The zero-order chi connectivity index (χ0) is 21.0. The molecule has 0 saturated carbocycles. The van der Waals surface area contributed by atoms with Crippen molar-refractivity contribution in [2.24, 2.45) is 0 Å². The molecule has 0 bridgehead atoms. The molecule has 1 saturated heterocycles. The Hall–Kier alpha value is -3.22. The minimum atomic E-state index is -0.655. The first-order chi connectivity index (χ1) is 13.9. The fourth-order valence-corrected chi connectivity index (χ4v) is 3.47. The van der Waals surface area contributed by atoms with Crippen LogP contribution < -0.4 is 19.7 Å². The Morgan fingerprint density at radius 2 is 1.62 bits per heavy atom. The second kappa shape index (κ2) is 8.86. The van der Waals surface area contributed by atoms with Crippen molar-refractivity contribution >= 4 is 23.2 Å². The van der Waals surface area contributed by atoms with E-state index in [2.05, 4.69) is 36.2 Å². The molecule has 1 N–H and O–H groups in total. The molecule has 0 aromatic heterocycles. The topological polar surface area (TPSA) is 71.1 Å². The Bertz CT molecular complexity index is 905. The number of carbonyl (C=O) groups excluding carboxylic acids is 2. The molecule has 29 heavy (non-hydrogen) atoms. The molecule has 3 rings (SSSR count). The lowest BCUT2D eigenvalue weighted by Gasteiger charge is -2.36. The van der Waals surface area contributed by atoms with E-state index in [1.165, 1.54) is 31.0 Å². The largest absolute Gasteiger partial charge is 0.493 e. The molecule has 154 valence electrons. The summed E-state index contributed by atoms with van der Waals surface area (Å²) in [4.78, 5) is 28.9. The van der Waals surface area contributed by atoms with E-state index in [1.807, 2.05) is 6.07 Å². The molecule has 0 atom stereocenters. The van der Waals surface area contributed by atoms with E-state index in [0.717, 1.165) is 0 Å². The standard InChI is InChI=1S/C22H27N3O4/c1-15-6-5-7-18(16(15)2)24-10-12-25(13-11-24)22(27)21(26)23-17-8-9-19(28-3)20(14-17)29-4/h5-9,14H,10-13H2,1-4H3,(H,23,26). The maximum Gasteiger partial charge on any atom is 0.313 e. The van der Waals surface area contributed by atoms with Crippen LogP contribution in [0.3, 0.4) is 0 Å². The van der Waals surface area contributed by atoms with Crippen LogP contribution in [0.5, 0.6) is 11.5 Å². The summed E-state index contributed by atoms with van der Waals surface area (Å²) in [5, 5.41) is 2.65. The smallest absolute Gasteiger partial charge is 0.313 e. The molecule has 0 unspecified atom stereocenters. The molecule has 1 fully saturated rings. The van der Waals surface area contributed by atoms with Crippen molar-refractivity contribution < 1.29 is 19.1 Å². The van der Waals surface area contributed by atoms with Crippen LogP contribution >= 0.6 is 0 Å². The Labute approximate surface area is 171 Å². The summed E-state index contributed by atoms with van der Waals surface area (Å²) in [5.74, 6) is -0.142. The van der Waals surface area contributed by atoms with Crippen LogP contribution in [0.1, 0.15) is 11.1 Å². The van der Waals surface area contributed by atoms with Crippen molar-refractivity contribution in [2.45, 2.75) is 13.8 Å². The van der Waals surface area contributed by atoms with E-state index in [-0.39, 0.29) is 0 Å². The van der Waals surface area contributed by atoms with Gasteiger partial charge < -0.3 is 24.6 Å². The number of methoxy groups -OCH3 is 2. The second-order valence-corrected chi connectivity index (χ2v) is 7.02. The van der Waals surface area contributed by atoms with Crippen molar-refractivity contribution in [2.75, 3.05) is 50.6 Å². The summed E-state index contributed by atoms with van der Waals surface area (Å²) in [5.41, 5.74) is 4.16. The van der Waals surface area contributed by atoms with Gasteiger partial charge in [0.2, 0.25) is 0 Å². The van der Waals surface area contributed by atoms with Gasteiger partial charge in [0.05, 0.1) is 14.2 Å². The van der Waals surface area contributed by atoms with Gasteiger partial charge in [-0.1, -0.05) is 12.1 Å². The van der Waals surface area contributed by atoms with Crippen molar-refractivity contribution in [1.29, 1.82) is 0 Å². The summed E-state index contributed by atoms with van der Waals surface area (Å²) in [6.45, 7) is 6.60. The Morgan fingerprint density at radius 1 is 0.931 bits per heavy atom. The van der Waals surface area contributed by atoms with Gasteiger partial charge in [-0.3, -0.25) is 9.59 Å². The number of nitrogens with zero attached hydrogens (tertiary/aromatic N) is 2. The SMILES string of the molecule is COc1ccc(NC(=O)C(=O)N2CCN(c3cccc(C)c3C)CC2)cc1OC. The number of rotatable bonds is 4. The van der Waals surface area contributed by atoms with Gasteiger partial charge in [-0.25, -0.2) is 0 Å². The van der Waals surface area contributed by atoms with Crippen molar-refractivity contribution in [1.82, 2.24) is 4.90 Å². The average Bonchev–Trinajstić information content (AvgIpc) is 2.75. The van der Waals surface area contributed by atoms with Gasteiger partial charge in [-0.05, 0) is 43.2 Å². The summed E-state index contributed by atoms with van der Waals surface area (Å²) in [6.07, 6.45) is 0. The van der Waals surface area contributed by atoms with Crippen LogP contribution in [0.4, 0.5) is 11.4 Å². The van der Waals surface area contributed by atoms with Gasteiger partial charge in [0.15, 0.2) is 11.5 Å². The van der Waals surface area contributed by atoms with E-state index >= 15 is 0 Å². The molecule has 1 aliphatic rings. The highest BCUT2D eigenvalue weighted by atomic mass is 16.5. The second-order valence-electron chi connectivity index (χ2n) is 7.02. The van der Waals surface area contributed by atoms with Gasteiger partial charge in [0, 0.05) is 43.6 Å². The highest BCUT2D eigenvalue weighted by Gasteiger charge is 2.27. The highest BCUT2D eigenvalue weighted by Crippen LogP contribution is 2.29. The average molecular weight is 397 g/mol. The first-order valence-corrected chi connectivity index (χ1v) is 9.58. The molecular formula is C22H27N3O4. The molecule has 1 aliphatic heterocycles. The van der Waals surface area contributed by atoms with Crippen LogP contribution in [0.2, 0.25) is 0 Å². The number of anilines is 2. The summed E-state index contributed by atoms with van der Waals surface area (Å²) in [6, 6.07) is 11.2. The first-order valence-electron chi connectivity index (χ1n) is 9.58.